The van der Waals surface area contributed by atoms with Gasteiger partial charge in [0.2, 0.25) is 0 Å². The van der Waals surface area contributed by atoms with E-state index in [1.807, 2.05) is 0 Å². The first-order valence-corrected chi connectivity index (χ1v) is 5.85. The Morgan fingerprint density at radius 2 is 2.33 bits per heavy atom. The first-order chi connectivity index (χ1) is 7.24. The fourth-order valence-corrected chi connectivity index (χ4v) is 1.89. The molecule has 0 saturated heterocycles. The predicted molar refractivity (Wildman–Crippen MR) is 61.0 cm³/mol. The molecule has 0 saturated carbocycles. The van der Waals surface area contributed by atoms with Gasteiger partial charge in [-0.05, 0) is 30.9 Å². The number of carboxylic acid groups (broad SMARTS) is 1. The maximum Gasteiger partial charge on any atom is 0.337 e. The van der Waals surface area contributed by atoms with Crippen LogP contribution in [-0.4, -0.2) is 28.4 Å². The van der Waals surface area contributed by atoms with Gasteiger partial charge in [-0.2, -0.15) is 11.8 Å². The fraction of sp³-hybridized carbons (Fsp3) is 0.400. The van der Waals surface area contributed by atoms with E-state index in [-0.39, 0.29) is 5.56 Å². The zero-order valence-electron chi connectivity index (χ0n) is 8.35. The van der Waals surface area contributed by atoms with Gasteiger partial charge in [-0.3, -0.25) is 4.98 Å². The third kappa shape index (κ3) is 4.31. The third-order valence-electron chi connectivity index (χ3n) is 1.81. The van der Waals surface area contributed by atoms with Crippen LogP contribution in [0.15, 0.2) is 18.3 Å². The molecule has 0 spiro atoms. The van der Waals surface area contributed by atoms with Crippen LogP contribution >= 0.6 is 11.8 Å². The molecular formula is C10H14N2O2S. The van der Waals surface area contributed by atoms with E-state index >= 15 is 0 Å². The van der Waals surface area contributed by atoms with Crippen LogP contribution in [-0.2, 0) is 5.75 Å². The molecule has 0 atom stereocenters. The monoisotopic (exact) mass is 226 g/mol. The number of thioether (sulfide) groups is 1. The molecule has 82 valence electrons. The first kappa shape index (κ1) is 12.0. The van der Waals surface area contributed by atoms with Crippen molar-refractivity contribution in [2.24, 2.45) is 5.73 Å². The van der Waals surface area contributed by atoms with Crippen LogP contribution in [0.1, 0.15) is 22.5 Å². The molecule has 5 heteroatoms. The highest BCUT2D eigenvalue weighted by Crippen LogP contribution is 2.11. The van der Waals surface area contributed by atoms with E-state index in [2.05, 4.69) is 4.98 Å². The van der Waals surface area contributed by atoms with Crippen molar-refractivity contribution in [3.8, 4) is 0 Å². The van der Waals surface area contributed by atoms with Crippen LogP contribution in [0.2, 0.25) is 0 Å². The normalized spacial score (nSPS) is 10.2. The van der Waals surface area contributed by atoms with Gasteiger partial charge in [0.1, 0.15) is 0 Å². The van der Waals surface area contributed by atoms with Gasteiger partial charge >= 0.3 is 5.97 Å². The van der Waals surface area contributed by atoms with Crippen molar-refractivity contribution in [2.45, 2.75) is 12.2 Å². The predicted octanol–water partition coefficient (Wildman–Crippen LogP) is 1.36. The number of hydrogen-bond acceptors (Lipinski definition) is 4. The van der Waals surface area contributed by atoms with Crippen molar-refractivity contribution in [3.05, 3.63) is 29.6 Å². The number of aromatic nitrogens is 1. The van der Waals surface area contributed by atoms with Gasteiger partial charge in [0.05, 0.1) is 11.3 Å². The number of aromatic carboxylic acids is 1. The molecule has 1 aromatic rings. The number of carbonyl (C=O) groups is 1. The van der Waals surface area contributed by atoms with Gasteiger partial charge in [-0.25, -0.2) is 4.79 Å². The summed E-state index contributed by atoms with van der Waals surface area (Å²) in [5, 5.41) is 8.66. The van der Waals surface area contributed by atoms with Gasteiger partial charge < -0.3 is 10.8 Å². The van der Waals surface area contributed by atoms with Crippen molar-refractivity contribution in [1.82, 2.24) is 4.98 Å². The van der Waals surface area contributed by atoms with Crippen LogP contribution in [0.3, 0.4) is 0 Å². The van der Waals surface area contributed by atoms with Gasteiger partial charge in [-0.1, -0.05) is 0 Å². The Kier molecular flexibility index (Phi) is 5.14. The molecule has 1 aromatic heterocycles. The molecule has 1 heterocycles. The highest BCUT2D eigenvalue weighted by atomic mass is 32.2. The van der Waals surface area contributed by atoms with Crippen molar-refractivity contribution >= 4 is 17.7 Å². The lowest BCUT2D eigenvalue weighted by Gasteiger charge is -2.00. The first-order valence-electron chi connectivity index (χ1n) is 4.70. The van der Waals surface area contributed by atoms with E-state index in [4.69, 9.17) is 10.8 Å². The Hall–Kier alpha value is -1.07. The molecule has 0 unspecified atom stereocenters. The lowest BCUT2D eigenvalue weighted by molar-refractivity contribution is 0.0696. The van der Waals surface area contributed by atoms with E-state index < -0.39 is 5.97 Å². The zero-order chi connectivity index (χ0) is 11.1. The van der Waals surface area contributed by atoms with Gasteiger partial charge in [-0.15, -0.1) is 0 Å². The molecule has 0 fully saturated rings. The van der Waals surface area contributed by atoms with Crippen LogP contribution in [0.25, 0.3) is 0 Å². The topological polar surface area (TPSA) is 76.2 Å². The lowest BCUT2D eigenvalue weighted by atomic mass is 10.2. The molecule has 4 nitrogen and oxygen atoms in total. The standard InChI is InChI=1S/C10H14N2O2S/c11-4-1-5-15-7-9-3-2-8(6-12-9)10(13)14/h2-3,6H,1,4-5,7,11H2,(H,13,14). The average molecular weight is 226 g/mol. The molecule has 1 rings (SSSR count). The maximum absolute atomic E-state index is 10.6. The number of rotatable bonds is 6. The van der Waals surface area contributed by atoms with Crippen LogP contribution in [0, 0.1) is 0 Å². The van der Waals surface area contributed by atoms with Gasteiger partial charge in [0, 0.05) is 11.9 Å². The number of nitrogens with zero attached hydrogens (tertiary/aromatic N) is 1. The Morgan fingerprint density at radius 1 is 1.53 bits per heavy atom. The summed E-state index contributed by atoms with van der Waals surface area (Å²) in [4.78, 5) is 14.6. The summed E-state index contributed by atoms with van der Waals surface area (Å²) in [6.07, 6.45) is 2.39. The summed E-state index contributed by atoms with van der Waals surface area (Å²) in [6.45, 7) is 0.707. The number of pyridine rings is 1. The summed E-state index contributed by atoms with van der Waals surface area (Å²) in [5.74, 6) is 0.878. The largest absolute Gasteiger partial charge is 0.478 e. The number of nitrogens with two attached hydrogens (primary N) is 1. The number of carboxylic acids is 1. The van der Waals surface area contributed by atoms with Crippen molar-refractivity contribution in [2.75, 3.05) is 12.3 Å². The van der Waals surface area contributed by atoms with Crippen molar-refractivity contribution in [1.29, 1.82) is 0 Å². The van der Waals surface area contributed by atoms with E-state index in [1.54, 1.807) is 23.9 Å². The molecule has 0 aliphatic carbocycles. The van der Waals surface area contributed by atoms with Gasteiger partial charge in [0.25, 0.3) is 0 Å². The second-order valence-corrected chi connectivity index (χ2v) is 4.14. The minimum absolute atomic E-state index is 0.228. The molecular weight excluding hydrogens is 212 g/mol. The number of hydrogen-bond donors (Lipinski definition) is 2. The van der Waals surface area contributed by atoms with E-state index in [0.29, 0.717) is 6.54 Å². The quantitative estimate of drug-likeness (QED) is 0.716. The van der Waals surface area contributed by atoms with Crippen molar-refractivity contribution < 1.29 is 9.90 Å². The second kappa shape index (κ2) is 6.42. The summed E-state index contributed by atoms with van der Waals surface area (Å²) in [6, 6.07) is 3.33. The van der Waals surface area contributed by atoms with E-state index in [9.17, 15) is 4.79 Å². The van der Waals surface area contributed by atoms with E-state index in [0.717, 1.165) is 23.6 Å². The van der Waals surface area contributed by atoms with Crippen molar-refractivity contribution in [3.63, 3.8) is 0 Å². The minimum Gasteiger partial charge on any atom is -0.478 e. The second-order valence-electron chi connectivity index (χ2n) is 3.04. The zero-order valence-corrected chi connectivity index (χ0v) is 9.17. The lowest BCUT2D eigenvalue weighted by Crippen LogP contribution is -2.00. The summed E-state index contributed by atoms with van der Waals surface area (Å²) < 4.78 is 0. The molecule has 0 bridgehead atoms. The van der Waals surface area contributed by atoms with Crippen LogP contribution < -0.4 is 5.73 Å². The summed E-state index contributed by atoms with van der Waals surface area (Å²) >= 11 is 1.76. The maximum atomic E-state index is 10.6. The Morgan fingerprint density at radius 3 is 2.87 bits per heavy atom. The average Bonchev–Trinajstić information content (AvgIpc) is 2.25. The molecule has 0 aliphatic rings. The highest BCUT2D eigenvalue weighted by molar-refractivity contribution is 7.98. The molecule has 3 N–H and O–H groups in total. The molecule has 15 heavy (non-hydrogen) atoms. The van der Waals surface area contributed by atoms with Crippen LogP contribution in [0.4, 0.5) is 0 Å². The Labute approximate surface area is 92.9 Å². The summed E-state index contributed by atoms with van der Waals surface area (Å²) in [7, 11) is 0. The molecule has 0 radical (unpaired) electrons. The summed E-state index contributed by atoms with van der Waals surface area (Å²) in [5.41, 5.74) is 6.50. The minimum atomic E-state index is -0.940. The molecule has 0 amide bonds. The fourth-order valence-electron chi connectivity index (χ4n) is 0.999. The Balaban J connectivity index is 2.39. The van der Waals surface area contributed by atoms with Gasteiger partial charge in [0.15, 0.2) is 0 Å². The smallest absolute Gasteiger partial charge is 0.337 e. The Bertz CT molecular complexity index is 314. The molecule has 0 aliphatic heterocycles. The SMILES string of the molecule is NCCCSCc1ccc(C(=O)O)cn1. The highest BCUT2D eigenvalue weighted by Gasteiger charge is 2.02. The molecule has 0 aromatic carbocycles. The van der Waals surface area contributed by atoms with E-state index in [1.165, 1.54) is 6.20 Å². The van der Waals surface area contributed by atoms with Crippen LogP contribution in [0.5, 0.6) is 0 Å². The third-order valence-corrected chi connectivity index (χ3v) is 2.89.